The van der Waals surface area contributed by atoms with Crippen LogP contribution in [0.2, 0.25) is 0 Å². The van der Waals surface area contributed by atoms with Crippen LogP contribution >= 0.6 is 0 Å². The van der Waals surface area contributed by atoms with Gasteiger partial charge in [0.05, 0.1) is 5.56 Å². The Morgan fingerprint density at radius 3 is 1.49 bits per heavy atom. The fourth-order valence-electron chi connectivity index (χ4n) is 5.63. The third-order valence-electron chi connectivity index (χ3n) is 8.40. The van der Waals surface area contributed by atoms with Gasteiger partial charge in [-0.05, 0) is 43.7 Å². The monoisotopic (exact) mass is 570 g/mol. The second-order valence-electron chi connectivity index (χ2n) is 12.4. The molecule has 0 aliphatic rings. The molecule has 0 aliphatic heterocycles. The molecule has 2 N–H and O–H groups in total. The molecule has 3 nitrogen and oxygen atoms in total. The zero-order chi connectivity index (χ0) is 29.6. The van der Waals surface area contributed by atoms with E-state index >= 15 is 0 Å². The van der Waals surface area contributed by atoms with Crippen LogP contribution < -0.4 is 5.32 Å². The molecule has 0 bridgehead atoms. The normalized spacial score (nSPS) is 11.5. The van der Waals surface area contributed by atoms with Crippen molar-refractivity contribution in [3.8, 4) is 5.75 Å². The summed E-state index contributed by atoms with van der Waals surface area (Å²) in [6.45, 7) is 4.55. The van der Waals surface area contributed by atoms with E-state index in [2.05, 4.69) is 25.2 Å². The smallest absolute Gasteiger partial charge is 0.166 e. The van der Waals surface area contributed by atoms with Crippen LogP contribution in [0.25, 0.3) is 0 Å². The van der Waals surface area contributed by atoms with E-state index in [1.54, 1.807) is 12.1 Å². The number of phenolic OH excluding ortho intramolecular Hbond substituents is 1. The Kier molecular flexibility index (Phi) is 25.8. The highest BCUT2D eigenvalue weighted by Crippen LogP contribution is 2.24. The van der Waals surface area contributed by atoms with E-state index in [9.17, 15) is 9.90 Å². The first-order valence-corrected chi connectivity index (χ1v) is 18.0. The average molecular weight is 570 g/mol. The van der Waals surface area contributed by atoms with Crippen molar-refractivity contribution in [2.45, 2.75) is 187 Å². The Morgan fingerprint density at radius 2 is 1.02 bits per heavy atom. The first-order valence-electron chi connectivity index (χ1n) is 18.0. The zero-order valence-corrected chi connectivity index (χ0v) is 27.3. The Hall–Kier alpha value is -1.77. The van der Waals surface area contributed by atoms with Crippen LogP contribution in [-0.2, 0) is 0 Å². The number of anilines is 1. The van der Waals surface area contributed by atoms with Gasteiger partial charge in [-0.3, -0.25) is 4.79 Å². The van der Waals surface area contributed by atoms with Crippen LogP contribution in [0.1, 0.15) is 198 Å². The largest absolute Gasteiger partial charge is 0.507 e. The summed E-state index contributed by atoms with van der Waals surface area (Å²) in [6, 6.07) is 5.27. The van der Waals surface area contributed by atoms with Gasteiger partial charge in [0.2, 0.25) is 0 Å². The SMILES string of the molecule is CCCCCCCCCCCCCCCCC=CNc1ccc(O)c(C(=O)CCCCCCCCCCCCC)c1. The molecule has 0 radical (unpaired) electrons. The number of phenols is 1. The minimum Gasteiger partial charge on any atom is -0.507 e. The molecule has 236 valence electrons. The van der Waals surface area contributed by atoms with Crippen LogP contribution in [0.3, 0.4) is 0 Å². The van der Waals surface area contributed by atoms with Gasteiger partial charge in [-0.1, -0.05) is 168 Å². The molecule has 41 heavy (non-hydrogen) atoms. The number of aromatic hydroxyl groups is 1. The molecule has 1 aromatic rings. The molecule has 0 atom stereocenters. The molecule has 0 spiro atoms. The minimum atomic E-state index is 0.0495. The third kappa shape index (κ3) is 22.5. The van der Waals surface area contributed by atoms with E-state index in [1.165, 1.54) is 148 Å². The standard InChI is InChI=1S/C38H67NO2/c1-3-5-7-9-11-13-15-16-17-18-19-21-23-25-27-29-33-39-35-31-32-38(41)36(34-35)37(40)30-28-26-24-22-20-14-12-10-8-6-4-2/h29,31-34,39,41H,3-28,30H2,1-2H3. The second kappa shape index (κ2) is 28.4. The van der Waals surface area contributed by atoms with Gasteiger partial charge in [-0.25, -0.2) is 0 Å². The van der Waals surface area contributed by atoms with E-state index in [4.69, 9.17) is 0 Å². The fraction of sp³-hybridized carbons (Fsp3) is 0.763. The molecular formula is C38H67NO2. The Labute approximate surface area is 255 Å². The Morgan fingerprint density at radius 1 is 0.610 bits per heavy atom. The Bertz CT molecular complexity index is 757. The molecule has 0 saturated carbocycles. The lowest BCUT2D eigenvalue weighted by molar-refractivity contribution is 0.0976. The topological polar surface area (TPSA) is 49.3 Å². The number of Topliss-reactive ketones (excluding diaryl/α,β-unsaturated/α-hetero) is 1. The number of carbonyl (C=O) groups excluding carboxylic acids is 1. The Balaban J connectivity index is 2.05. The first-order chi connectivity index (χ1) is 20.2. The predicted octanol–water partition coefficient (Wildman–Crippen LogP) is 13.1. The maximum atomic E-state index is 12.7. The van der Waals surface area contributed by atoms with Gasteiger partial charge in [0, 0.05) is 12.1 Å². The van der Waals surface area contributed by atoms with E-state index in [0.29, 0.717) is 12.0 Å². The summed E-state index contributed by atoms with van der Waals surface area (Å²) in [6.07, 6.45) is 39.2. The maximum absolute atomic E-state index is 12.7. The van der Waals surface area contributed by atoms with E-state index in [1.807, 2.05) is 12.3 Å². The van der Waals surface area contributed by atoms with Crippen molar-refractivity contribution in [1.29, 1.82) is 0 Å². The zero-order valence-electron chi connectivity index (χ0n) is 27.3. The quantitative estimate of drug-likeness (QED) is 0.0550. The highest BCUT2D eigenvalue weighted by atomic mass is 16.3. The highest BCUT2D eigenvalue weighted by Gasteiger charge is 2.11. The molecule has 0 aromatic heterocycles. The summed E-state index contributed by atoms with van der Waals surface area (Å²) in [5.41, 5.74) is 1.31. The summed E-state index contributed by atoms with van der Waals surface area (Å²) in [5.74, 6) is 0.142. The number of carbonyl (C=O) groups is 1. The van der Waals surface area contributed by atoms with Gasteiger partial charge in [0.25, 0.3) is 0 Å². The number of ketones is 1. The van der Waals surface area contributed by atoms with Crippen LogP contribution in [0.15, 0.2) is 30.5 Å². The van der Waals surface area contributed by atoms with Crippen molar-refractivity contribution in [2.24, 2.45) is 0 Å². The predicted molar refractivity (Wildman–Crippen MR) is 181 cm³/mol. The number of unbranched alkanes of at least 4 members (excludes halogenated alkanes) is 24. The summed E-state index contributed by atoms with van der Waals surface area (Å²) >= 11 is 0. The summed E-state index contributed by atoms with van der Waals surface area (Å²) in [7, 11) is 0. The highest BCUT2D eigenvalue weighted by molar-refractivity contribution is 5.99. The van der Waals surface area contributed by atoms with Gasteiger partial charge >= 0.3 is 0 Å². The van der Waals surface area contributed by atoms with Crippen LogP contribution in [0.5, 0.6) is 5.75 Å². The lowest BCUT2D eigenvalue weighted by atomic mass is 10.0. The summed E-state index contributed by atoms with van der Waals surface area (Å²) < 4.78 is 0. The van der Waals surface area contributed by atoms with Gasteiger partial charge in [-0.15, -0.1) is 0 Å². The number of hydrogen-bond acceptors (Lipinski definition) is 3. The van der Waals surface area contributed by atoms with Crippen molar-refractivity contribution >= 4 is 11.5 Å². The molecule has 0 heterocycles. The lowest BCUT2D eigenvalue weighted by Gasteiger charge is -2.08. The number of benzene rings is 1. The number of hydrogen-bond donors (Lipinski definition) is 2. The van der Waals surface area contributed by atoms with Crippen molar-refractivity contribution in [3.05, 3.63) is 36.0 Å². The van der Waals surface area contributed by atoms with E-state index in [0.717, 1.165) is 24.9 Å². The maximum Gasteiger partial charge on any atom is 0.166 e. The summed E-state index contributed by atoms with van der Waals surface area (Å²) in [4.78, 5) is 12.7. The number of nitrogens with one attached hydrogen (secondary N) is 1. The molecule has 0 saturated heterocycles. The van der Waals surface area contributed by atoms with Gasteiger partial charge in [0.15, 0.2) is 5.78 Å². The molecule has 3 heteroatoms. The second-order valence-corrected chi connectivity index (χ2v) is 12.4. The van der Waals surface area contributed by atoms with Crippen LogP contribution in [-0.4, -0.2) is 10.9 Å². The third-order valence-corrected chi connectivity index (χ3v) is 8.40. The minimum absolute atomic E-state index is 0.0495. The molecule has 0 amide bonds. The average Bonchev–Trinajstić information content (AvgIpc) is 2.98. The van der Waals surface area contributed by atoms with Crippen molar-refractivity contribution in [2.75, 3.05) is 5.32 Å². The van der Waals surface area contributed by atoms with Crippen LogP contribution in [0, 0.1) is 0 Å². The van der Waals surface area contributed by atoms with Crippen molar-refractivity contribution < 1.29 is 9.90 Å². The lowest BCUT2D eigenvalue weighted by Crippen LogP contribution is -2.01. The molecule has 0 fully saturated rings. The van der Waals surface area contributed by atoms with Crippen molar-refractivity contribution in [1.82, 2.24) is 0 Å². The van der Waals surface area contributed by atoms with E-state index < -0.39 is 0 Å². The molecule has 1 rings (SSSR count). The molecule has 0 unspecified atom stereocenters. The van der Waals surface area contributed by atoms with Gasteiger partial charge in [0.1, 0.15) is 5.75 Å². The van der Waals surface area contributed by atoms with E-state index in [-0.39, 0.29) is 11.5 Å². The first kappa shape index (κ1) is 37.3. The van der Waals surface area contributed by atoms with Crippen LogP contribution in [0.4, 0.5) is 5.69 Å². The fourth-order valence-corrected chi connectivity index (χ4v) is 5.63. The van der Waals surface area contributed by atoms with Crippen molar-refractivity contribution in [3.63, 3.8) is 0 Å². The van der Waals surface area contributed by atoms with Gasteiger partial charge < -0.3 is 10.4 Å². The summed E-state index contributed by atoms with van der Waals surface area (Å²) in [5, 5.41) is 13.5. The molecular weight excluding hydrogens is 502 g/mol. The number of allylic oxidation sites excluding steroid dienone is 1. The number of rotatable bonds is 30. The molecule has 1 aromatic carbocycles. The van der Waals surface area contributed by atoms with Gasteiger partial charge in [-0.2, -0.15) is 0 Å². The molecule has 0 aliphatic carbocycles.